The van der Waals surface area contributed by atoms with Gasteiger partial charge in [-0.15, -0.1) is 0 Å². The van der Waals surface area contributed by atoms with Gasteiger partial charge in [0.1, 0.15) is 0 Å². The fourth-order valence-corrected chi connectivity index (χ4v) is 1.72. The smallest absolute Gasteiger partial charge is 0.333 e. The van der Waals surface area contributed by atoms with Crippen LogP contribution in [-0.2, 0) is 16.9 Å². The van der Waals surface area contributed by atoms with Gasteiger partial charge >= 0.3 is 12.0 Å². The number of rotatable bonds is 5. The van der Waals surface area contributed by atoms with Gasteiger partial charge < -0.3 is 20.3 Å². The summed E-state index contributed by atoms with van der Waals surface area (Å²) in [6.45, 7) is 1.45. The molecule has 0 aliphatic carbocycles. The molecule has 0 radical (unpaired) electrons. The van der Waals surface area contributed by atoms with Crippen molar-refractivity contribution in [2.24, 2.45) is 0 Å². The summed E-state index contributed by atoms with van der Waals surface area (Å²) in [4.78, 5) is 27.1. The van der Waals surface area contributed by atoms with Crippen LogP contribution in [0.15, 0.2) is 41.2 Å². The Kier molecular flexibility index (Phi) is 4.17. The summed E-state index contributed by atoms with van der Waals surface area (Å²) < 4.78 is 4.53. The molecule has 0 aliphatic rings. The maximum Gasteiger partial charge on any atom is 0.333 e. The lowest BCUT2D eigenvalue weighted by Gasteiger charge is -2.26. The molecule has 0 saturated carbocycles. The first-order valence-electron chi connectivity index (χ1n) is 6.12. The number of carboxylic acids is 1. The molecule has 21 heavy (non-hydrogen) atoms. The number of aromatic nitrogens is 2. The summed E-state index contributed by atoms with van der Waals surface area (Å²) in [6, 6.07) is 7.79. The van der Waals surface area contributed by atoms with Crippen molar-refractivity contribution in [3.8, 4) is 0 Å². The van der Waals surface area contributed by atoms with E-state index in [4.69, 9.17) is 0 Å². The topological polar surface area (TPSA) is 117 Å². The minimum absolute atomic E-state index is 0.0345. The molecule has 2 aromatic rings. The van der Waals surface area contributed by atoms with Gasteiger partial charge in [-0.05, 0) is 12.5 Å². The second kappa shape index (κ2) is 6.04. The molecule has 1 unspecified atom stereocenters. The number of carbonyl (C=O) groups is 2. The van der Waals surface area contributed by atoms with E-state index in [0.29, 0.717) is 11.4 Å². The van der Waals surface area contributed by atoms with Gasteiger partial charge in [0.25, 0.3) is 0 Å². The summed E-state index contributed by atoms with van der Waals surface area (Å²) in [7, 11) is 0. The number of carboxylic acid groups (broad SMARTS) is 1. The first-order valence-corrected chi connectivity index (χ1v) is 6.12. The fourth-order valence-electron chi connectivity index (χ4n) is 1.72. The molecule has 0 bridgehead atoms. The number of benzene rings is 1. The quantitative estimate of drug-likeness (QED) is 0.752. The number of hydrogen-bond donors (Lipinski definition) is 3. The lowest BCUT2D eigenvalue weighted by Crippen LogP contribution is -2.52. The molecule has 0 aliphatic heterocycles. The molecule has 110 valence electrons. The molecule has 8 heteroatoms. The van der Waals surface area contributed by atoms with E-state index in [9.17, 15) is 14.7 Å². The zero-order valence-electron chi connectivity index (χ0n) is 11.2. The monoisotopic (exact) mass is 290 g/mol. The van der Waals surface area contributed by atoms with Crippen LogP contribution < -0.4 is 10.6 Å². The normalized spacial score (nSPS) is 13.2. The molecule has 2 amide bonds. The maximum absolute atomic E-state index is 11.9. The lowest BCUT2D eigenvalue weighted by molar-refractivity contribution is -0.144. The Labute approximate surface area is 120 Å². The van der Waals surface area contributed by atoms with E-state index < -0.39 is 17.5 Å². The Balaban J connectivity index is 2.06. The number of hydrogen-bond acceptors (Lipinski definition) is 5. The molecular formula is C13H14N4O4. The molecular weight excluding hydrogens is 276 g/mol. The number of aliphatic carboxylic acids is 1. The number of carbonyl (C=O) groups excluding carboxylic acids is 1. The van der Waals surface area contributed by atoms with Gasteiger partial charge in [-0.25, -0.2) is 9.59 Å². The standard InChI is InChI=1S/C13H14N4O4/c1-13(11(18)19,9-5-3-2-4-6-9)16-12(20)14-7-10-15-8-21-17-10/h2-6,8H,7H2,1H3,(H,18,19)(H2,14,16,20). The molecule has 1 heterocycles. The highest BCUT2D eigenvalue weighted by atomic mass is 16.5. The summed E-state index contributed by atoms with van der Waals surface area (Å²) in [5.41, 5.74) is -1.07. The average molecular weight is 290 g/mol. The summed E-state index contributed by atoms with van der Waals surface area (Å²) in [5.74, 6) is -0.870. The highest BCUT2D eigenvalue weighted by molar-refractivity contribution is 5.87. The second-order valence-electron chi connectivity index (χ2n) is 4.45. The van der Waals surface area contributed by atoms with Crippen LogP contribution in [0.4, 0.5) is 4.79 Å². The van der Waals surface area contributed by atoms with Crippen LogP contribution in [0.5, 0.6) is 0 Å². The van der Waals surface area contributed by atoms with E-state index in [1.54, 1.807) is 30.3 Å². The first-order chi connectivity index (χ1) is 10.0. The molecule has 8 nitrogen and oxygen atoms in total. The van der Waals surface area contributed by atoms with Crippen LogP contribution in [0.25, 0.3) is 0 Å². The van der Waals surface area contributed by atoms with Crippen molar-refractivity contribution in [2.45, 2.75) is 19.0 Å². The summed E-state index contributed by atoms with van der Waals surface area (Å²) in [6.07, 6.45) is 1.14. The van der Waals surface area contributed by atoms with Crippen LogP contribution in [0.3, 0.4) is 0 Å². The van der Waals surface area contributed by atoms with Crippen molar-refractivity contribution in [1.82, 2.24) is 20.8 Å². The lowest BCUT2D eigenvalue weighted by atomic mass is 9.92. The third-order valence-corrected chi connectivity index (χ3v) is 2.96. The molecule has 0 spiro atoms. The fraction of sp³-hybridized carbons (Fsp3) is 0.231. The van der Waals surface area contributed by atoms with Crippen LogP contribution in [0.1, 0.15) is 18.3 Å². The van der Waals surface area contributed by atoms with E-state index in [-0.39, 0.29) is 6.54 Å². The van der Waals surface area contributed by atoms with Crippen molar-refractivity contribution in [3.63, 3.8) is 0 Å². The predicted molar refractivity (Wildman–Crippen MR) is 71.1 cm³/mol. The minimum atomic E-state index is -1.54. The van der Waals surface area contributed by atoms with Gasteiger partial charge in [-0.2, -0.15) is 4.98 Å². The van der Waals surface area contributed by atoms with Crippen molar-refractivity contribution >= 4 is 12.0 Å². The number of urea groups is 1. The summed E-state index contributed by atoms with van der Waals surface area (Å²) in [5, 5.41) is 17.8. The Morgan fingerprint density at radius 3 is 2.62 bits per heavy atom. The number of nitrogens with zero attached hydrogens (tertiary/aromatic N) is 2. The number of amides is 2. The van der Waals surface area contributed by atoms with E-state index in [0.717, 1.165) is 6.39 Å². The Bertz CT molecular complexity index is 614. The van der Waals surface area contributed by atoms with Crippen molar-refractivity contribution in [2.75, 3.05) is 0 Å². The molecule has 1 atom stereocenters. The molecule has 3 N–H and O–H groups in total. The van der Waals surface area contributed by atoms with Gasteiger partial charge in [-0.1, -0.05) is 35.5 Å². The third kappa shape index (κ3) is 3.35. The summed E-state index contributed by atoms with van der Waals surface area (Å²) >= 11 is 0. The highest BCUT2D eigenvalue weighted by Gasteiger charge is 2.36. The van der Waals surface area contributed by atoms with Gasteiger partial charge in [0, 0.05) is 0 Å². The van der Waals surface area contributed by atoms with E-state index in [1.165, 1.54) is 6.92 Å². The number of nitrogens with one attached hydrogen (secondary N) is 2. The van der Waals surface area contributed by atoms with E-state index in [2.05, 4.69) is 25.3 Å². The van der Waals surface area contributed by atoms with Gasteiger partial charge in [0.05, 0.1) is 6.54 Å². The van der Waals surface area contributed by atoms with Crippen molar-refractivity contribution < 1.29 is 19.2 Å². The van der Waals surface area contributed by atoms with Crippen molar-refractivity contribution in [1.29, 1.82) is 0 Å². The van der Waals surface area contributed by atoms with Crippen LogP contribution in [0, 0.1) is 0 Å². The zero-order valence-corrected chi connectivity index (χ0v) is 11.2. The highest BCUT2D eigenvalue weighted by Crippen LogP contribution is 2.20. The van der Waals surface area contributed by atoms with Crippen LogP contribution in [0.2, 0.25) is 0 Å². The van der Waals surface area contributed by atoms with Gasteiger partial charge in [0.2, 0.25) is 6.39 Å². The first kappa shape index (κ1) is 14.5. The third-order valence-electron chi connectivity index (χ3n) is 2.96. The van der Waals surface area contributed by atoms with Gasteiger partial charge in [0.15, 0.2) is 11.4 Å². The van der Waals surface area contributed by atoms with Crippen LogP contribution >= 0.6 is 0 Å². The minimum Gasteiger partial charge on any atom is -0.479 e. The van der Waals surface area contributed by atoms with Gasteiger partial charge in [-0.3, -0.25) is 0 Å². The Morgan fingerprint density at radius 2 is 2.05 bits per heavy atom. The zero-order chi connectivity index (χ0) is 15.3. The van der Waals surface area contributed by atoms with Crippen LogP contribution in [-0.4, -0.2) is 27.2 Å². The maximum atomic E-state index is 11.9. The van der Waals surface area contributed by atoms with E-state index in [1.807, 2.05) is 0 Å². The molecule has 0 saturated heterocycles. The SMILES string of the molecule is CC(NC(=O)NCc1ncon1)(C(=O)O)c1ccccc1. The molecule has 2 rings (SSSR count). The Hall–Kier alpha value is -2.90. The Morgan fingerprint density at radius 1 is 1.33 bits per heavy atom. The molecule has 1 aromatic carbocycles. The average Bonchev–Trinajstić information content (AvgIpc) is 2.99. The second-order valence-corrected chi connectivity index (χ2v) is 4.45. The predicted octanol–water partition coefficient (Wildman–Crippen LogP) is 0.869. The molecule has 1 aromatic heterocycles. The molecule has 0 fully saturated rings. The largest absolute Gasteiger partial charge is 0.479 e. The van der Waals surface area contributed by atoms with Crippen molar-refractivity contribution in [3.05, 3.63) is 48.1 Å². The van der Waals surface area contributed by atoms with E-state index >= 15 is 0 Å².